The highest BCUT2D eigenvalue weighted by Gasteiger charge is 2.15. The Morgan fingerprint density at radius 2 is 2.67 bits per heavy atom. The topological polar surface area (TPSA) is 24.5 Å². The zero-order chi connectivity index (χ0) is 6.10. The number of fused-ring (bicyclic) bond motifs is 1. The summed E-state index contributed by atoms with van der Waals surface area (Å²) in [6, 6.07) is 0. The van der Waals surface area contributed by atoms with Gasteiger partial charge in [-0.25, -0.2) is 0 Å². The largest absolute Gasteiger partial charge is 0.469 e. The molecule has 0 atom stereocenters. The van der Waals surface area contributed by atoms with Gasteiger partial charge in [0.2, 0.25) is 0 Å². The molecule has 2 aliphatic rings. The summed E-state index contributed by atoms with van der Waals surface area (Å²) in [7, 11) is 0. The van der Waals surface area contributed by atoms with Gasteiger partial charge in [0, 0.05) is 12.7 Å². The molecule has 0 aliphatic carbocycles. The van der Waals surface area contributed by atoms with Crippen LogP contribution in [0.25, 0.3) is 0 Å². The monoisotopic (exact) mass is 124 g/mol. The van der Waals surface area contributed by atoms with Crippen molar-refractivity contribution in [3.63, 3.8) is 0 Å². The Kier molecular flexibility index (Phi) is 0.960. The van der Waals surface area contributed by atoms with E-state index in [1.54, 1.807) is 12.5 Å². The molecule has 1 N–H and O–H groups in total. The predicted molar refractivity (Wildman–Crippen MR) is 33.0 cm³/mol. The van der Waals surface area contributed by atoms with E-state index in [0.29, 0.717) is 0 Å². The zero-order valence-electron chi connectivity index (χ0n) is 5.00. The summed E-state index contributed by atoms with van der Waals surface area (Å²) in [5.74, 6) is 0. The third-order valence-electron chi connectivity index (χ3n) is 1.48. The van der Waals surface area contributed by atoms with Gasteiger partial charge in [0.1, 0.15) is 12.5 Å². The fourth-order valence-corrected chi connectivity index (χ4v) is 0.992. The molecule has 0 aromatic rings. The minimum Gasteiger partial charge on any atom is -0.469 e. The van der Waals surface area contributed by atoms with Gasteiger partial charge in [0.05, 0.1) is 12.4 Å². The number of hydrogen-bond donors (Lipinski definition) is 1. The molecule has 0 aromatic heterocycles. The van der Waals surface area contributed by atoms with E-state index in [0.717, 1.165) is 13.2 Å². The Morgan fingerprint density at radius 3 is 3.56 bits per heavy atom. The fourth-order valence-electron chi connectivity index (χ4n) is 0.992. The molecule has 2 rings (SSSR count). The minimum absolute atomic E-state index is 0.908. The van der Waals surface area contributed by atoms with Crippen LogP contribution in [0.4, 0.5) is 0 Å². The molecule has 1 saturated heterocycles. The summed E-state index contributed by atoms with van der Waals surface area (Å²) >= 11 is 0. The molecular weight excluding hydrogens is 116 g/mol. The molecule has 0 bridgehead atoms. The second-order valence-electron chi connectivity index (χ2n) is 2.09. The summed E-state index contributed by atoms with van der Waals surface area (Å²) in [4.78, 5) is 2.11. The van der Waals surface area contributed by atoms with Crippen LogP contribution in [0.5, 0.6) is 0 Å². The summed E-state index contributed by atoms with van der Waals surface area (Å²) in [5, 5.41) is 3.19. The number of rotatable bonds is 0. The summed E-state index contributed by atoms with van der Waals surface area (Å²) in [5.41, 5.74) is 1.21. The summed E-state index contributed by atoms with van der Waals surface area (Å²) in [6.45, 7) is 1.83. The SMILES string of the molecule is C1=CN2CNCC2=CO1. The van der Waals surface area contributed by atoms with Crippen molar-refractivity contribution < 1.29 is 4.74 Å². The number of ether oxygens (including phenoxy) is 1. The van der Waals surface area contributed by atoms with Gasteiger partial charge in [-0.15, -0.1) is 0 Å². The first-order valence-corrected chi connectivity index (χ1v) is 2.95. The molecule has 0 spiro atoms. The van der Waals surface area contributed by atoms with Crippen molar-refractivity contribution in [3.8, 4) is 0 Å². The van der Waals surface area contributed by atoms with Gasteiger partial charge < -0.3 is 9.64 Å². The number of nitrogens with zero attached hydrogens (tertiary/aromatic N) is 1. The lowest BCUT2D eigenvalue weighted by molar-refractivity contribution is 0.342. The van der Waals surface area contributed by atoms with Crippen LogP contribution in [-0.4, -0.2) is 18.1 Å². The van der Waals surface area contributed by atoms with Crippen molar-refractivity contribution in [2.24, 2.45) is 0 Å². The van der Waals surface area contributed by atoms with Crippen molar-refractivity contribution in [1.29, 1.82) is 0 Å². The quantitative estimate of drug-likeness (QED) is 0.499. The van der Waals surface area contributed by atoms with E-state index in [1.165, 1.54) is 5.70 Å². The van der Waals surface area contributed by atoms with E-state index in [4.69, 9.17) is 4.74 Å². The number of hydrogen-bond acceptors (Lipinski definition) is 3. The van der Waals surface area contributed by atoms with E-state index in [2.05, 4.69) is 10.2 Å². The van der Waals surface area contributed by atoms with Gasteiger partial charge in [0.25, 0.3) is 0 Å². The molecule has 9 heavy (non-hydrogen) atoms. The first-order chi connectivity index (χ1) is 4.47. The highest BCUT2D eigenvalue weighted by Crippen LogP contribution is 2.12. The lowest BCUT2D eigenvalue weighted by atomic mass is 10.4. The highest BCUT2D eigenvalue weighted by atomic mass is 16.5. The van der Waals surface area contributed by atoms with E-state index < -0.39 is 0 Å². The second-order valence-corrected chi connectivity index (χ2v) is 2.09. The molecular formula is C6H8N2O. The van der Waals surface area contributed by atoms with Gasteiger partial charge >= 0.3 is 0 Å². The standard InChI is InChI=1S/C6H8N2O/c1-2-9-4-6-3-7-5-8(1)6/h1-2,4,7H,3,5H2. The van der Waals surface area contributed by atoms with Crippen molar-refractivity contribution >= 4 is 0 Å². The van der Waals surface area contributed by atoms with Crippen LogP contribution in [0.3, 0.4) is 0 Å². The lowest BCUT2D eigenvalue weighted by Gasteiger charge is -2.15. The van der Waals surface area contributed by atoms with Crippen LogP contribution in [-0.2, 0) is 4.74 Å². The smallest absolute Gasteiger partial charge is 0.111 e. The molecule has 0 aromatic carbocycles. The van der Waals surface area contributed by atoms with Gasteiger partial charge in [-0.2, -0.15) is 0 Å². The van der Waals surface area contributed by atoms with E-state index >= 15 is 0 Å². The van der Waals surface area contributed by atoms with Gasteiger partial charge in [-0.3, -0.25) is 5.32 Å². The third-order valence-corrected chi connectivity index (χ3v) is 1.48. The van der Waals surface area contributed by atoms with E-state index in [1.807, 2.05) is 6.20 Å². The maximum absolute atomic E-state index is 4.96. The van der Waals surface area contributed by atoms with Crippen molar-refractivity contribution in [2.45, 2.75) is 0 Å². The first kappa shape index (κ1) is 4.88. The molecule has 3 nitrogen and oxygen atoms in total. The van der Waals surface area contributed by atoms with Crippen LogP contribution in [0.15, 0.2) is 24.4 Å². The Balaban J connectivity index is 2.22. The molecule has 0 radical (unpaired) electrons. The van der Waals surface area contributed by atoms with Crippen LogP contribution >= 0.6 is 0 Å². The van der Waals surface area contributed by atoms with Crippen LogP contribution < -0.4 is 5.32 Å². The molecule has 3 heteroatoms. The molecule has 2 aliphatic heterocycles. The molecule has 0 amide bonds. The van der Waals surface area contributed by atoms with E-state index in [9.17, 15) is 0 Å². The lowest BCUT2D eigenvalue weighted by Crippen LogP contribution is -2.15. The average Bonchev–Trinajstić information content (AvgIpc) is 2.33. The maximum atomic E-state index is 4.96. The Bertz CT molecular complexity index is 174. The maximum Gasteiger partial charge on any atom is 0.111 e. The Hall–Kier alpha value is -0.960. The molecule has 0 saturated carbocycles. The molecule has 0 unspecified atom stereocenters. The average molecular weight is 124 g/mol. The Morgan fingerprint density at radius 1 is 1.67 bits per heavy atom. The zero-order valence-corrected chi connectivity index (χ0v) is 5.00. The van der Waals surface area contributed by atoms with Crippen LogP contribution in [0, 0.1) is 0 Å². The van der Waals surface area contributed by atoms with Crippen molar-refractivity contribution in [1.82, 2.24) is 10.2 Å². The normalized spacial score (nSPS) is 23.1. The second kappa shape index (κ2) is 1.77. The minimum atomic E-state index is 0.908. The van der Waals surface area contributed by atoms with Gasteiger partial charge in [-0.1, -0.05) is 0 Å². The van der Waals surface area contributed by atoms with Gasteiger partial charge in [0.15, 0.2) is 0 Å². The van der Waals surface area contributed by atoms with Crippen LogP contribution in [0.2, 0.25) is 0 Å². The van der Waals surface area contributed by atoms with E-state index in [-0.39, 0.29) is 0 Å². The van der Waals surface area contributed by atoms with Crippen LogP contribution in [0.1, 0.15) is 0 Å². The van der Waals surface area contributed by atoms with Crippen molar-refractivity contribution in [3.05, 3.63) is 24.4 Å². The predicted octanol–water partition coefficient (Wildman–Crippen LogP) is 0.192. The Labute approximate surface area is 53.6 Å². The fraction of sp³-hybridized carbons (Fsp3) is 0.333. The van der Waals surface area contributed by atoms with Gasteiger partial charge in [-0.05, 0) is 0 Å². The summed E-state index contributed by atoms with van der Waals surface area (Å²) < 4.78 is 4.96. The third kappa shape index (κ3) is 0.695. The molecule has 2 heterocycles. The number of nitrogens with one attached hydrogen (secondary N) is 1. The highest BCUT2D eigenvalue weighted by molar-refractivity contribution is 5.11. The first-order valence-electron chi connectivity index (χ1n) is 2.95. The molecule has 48 valence electrons. The molecule has 1 fully saturated rings. The van der Waals surface area contributed by atoms with Crippen molar-refractivity contribution in [2.75, 3.05) is 13.2 Å². The summed E-state index contributed by atoms with van der Waals surface area (Å²) in [6.07, 6.45) is 5.37.